The third-order valence-corrected chi connectivity index (χ3v) is 3.91. The second-order valence-corrected chi connectivity index (χ2v) is 5.44. The molecule has 3 nitrogen and oxygen atoms in total. The molecule has 0 heterocycles. The molecule has 1 fully saturated rings. The molecule has 3 heteroatoms. The predicted octanol–water partition coefficient (Wildman–Crippen LogP) is 2.59. The van der Waals surface area contributed by atoms with Gasteiger partial charge >= 0.3 is 0 Å². The summed E-state index contributed by atoms with van der Waals surface area (Å²) in [5.74, 6) is 0.680. The van der Waals surface area contributed by atoms with Gasteiger partial charge in [-0.25, -0.2) is 0 Å². The Hall–Kier alpha value is -0.570. The first kappa shape index (κ1) is 14.5. The Morgan fingerprint density at radius 1 is 1.29 bits per heavy atom. The van der Waals surface area contributed by atoms with Crippen LogP contribution < -0.4 is 11.1 Å². The van der Waals surface area contributed by atoms with Crippen molar-refractivity contribution < 1.29 is 4.79 Å². The van der Waals surface area contributed by atoms with Crippen LogP contribution in [0, 0.1) is 5.92 Å². The van der Waals surface area contributed by atoms with Crippen LogP contribution in [-0.2, 0) is 4.79 Å². The summed E-state index contributed by atoms with van der Waals surface area (Å²) in [6.07, 6.45) is 9.58. The van der Waals surface area contributed by atoms with Gasteiger partial charge in [0.05, 0.1) is 6.04 Å². The summed E-state index contributed by atoms with van der Waals surface area (Å²) in [7, 11) is 0. The third kappa shape index (κ3) is 5.07. The van der Waals surface area contributed by atoms with Gasteiger partial charge in [0.1, 0.15) is 0 Å². The number of carbonyl (C=O) groups excluding carboxylic acids is 1. The molecule has 2 atom stereocenters. The summed E-state index contributed by atoms with van der Waals surface area (Å²) < 4.78 is 0. The fourth-order valence-corrected chi connectivity index (χ4v) is 2.70. The van der Waals surface area contributed by atoms with Gasteiger partial charge in [-0.2, -0.15) is 0 Å². The maximum Gasteiger partial charge on any atom is 0.237 e. The molecule has 17 heavy (non-hydrogen) atoms. The van der Waals surface area contributed by atoms with Crippen molar-refractivity contribution >= 4 is 5.91 Å². The Morgan fingerprint density at radius 3 is 2.41 bits per heavy atom. The quantitative estimate of drug-likeness (QED) is 0.726. The molecule has 0 radical (unpaired) electrons. The molecule has 3 N–H and O–H groups in total. The van der Waals surface area contributed by atoms with Crippen molar-refractivity contribution in [2.75, 3.05) is 0 Å². The number of nitrogens with two attached hydrogens (primary N) is 1. The van der Waals surface area contributed by atoms with Gasteiger partial charge in [0.25, 0.3) is 0 Å². The van der Waals surface area contributed by atoms with Gasteiger partial charge in [0, 0.05) is 6.04 Å². The molecule has 0 aromatic rings. The van der Waals surface area contributed by atoms with E-state index < -0.39 is 0 Å². The van der Waals surface area contributed by atoms with Crippen molar-refractivity contribution in [2.24, 2.45) is 11.7 Å². The molecule has 1 unspecified atom stereocenters. The number of hydrogen-bond acceptors (Lipinski definition) is 2. The average molecular weight is 240 g/mol. The average Bonchev–Trinajstić information content (AvgIpc) is 2.57. The van der Waals surface area contributed by atoms with Crippen LogP contribution in [0.3, 0.4) is 0 Å². The highest BCUT2D eigenvalue weighted by Gasteiger charge is 2.22. The van der Waals surface area contributed by atoms with E-state index >= 15 is 0 Å². The van der Waals surface area contributed by atoms with Crippen molar-refractivity contribution in [1.82, 2.24) is 5.32 Å². The van der Waals surface area contributed by atoms with E-state index in [1.54, 1.807) is 0 Å². The standard InChI is InChI=1S/C14H28N2O/c1-3-8-13(15)14(17)16-11(2)12-9-6-4-5-7-10-12/h11-13H,3-10,15H2,1-2H3,(H,16,17)/t11-,13?/m1/s1. The van der Waals surface area contributed by atoms with Gasteiger partial charge < -0.3 is 11.1 Å². The van der Waals surface area contributed by atoms with E-state index in [0.29, 0.717) is 5.92 Å². The summed E-state index contributed by atoms with van der Waals surface area (Å²) in [6.45, 7) is 4.19. The maximum absolute atomic E-state index is 11.8. The molecule has 0 aromatic heterocycles. The molecule has 0 saturated heterocycles. The van der Waals surface area contributed by atoms with E-state index in [1.165, 1.54) is 38.5 Å². The van der Waals surface area contributed by atoms with E-state index in [2.05, 4.69) is 19.2 Å². The minimum Gasteiger partial charge on any atom is -0.352 e. The lowest BCUT2D eigenvalue weighted by atomic mass is 9.92. The van der Waals surface area contributed by atoms with Gasteiger partial charge in [0.15, 0.2) is 0 Å². The van der Waals surface area contributed by atoms with Gasteiger partial charge in [-0.1, -0.05) is 39.0 Å². The molecule has 0 aromatic carbocycles. The molecular formula is C14H28N2O. The van der Waals surface area contributed by atoms with Crippen LogP contribution in [0.5, 0.6) is 0 Å². The van der Waals surface area contributed by atoms with Crippen molar-refractivity contribution in [3.8, 4) is 0 Å². The second kappa shape index (κ2) is 7.70. The second-order valence-electron chi connectivity index (χ2n) is 5.44. The monoisotopic (exact) mass is 240 g/mol. The zero-order valence-electron chi connectivity index (χ0n) is 11.4. The lowest BCUT2D eigenvalue weighted by molar-refractivity contribution is -0.123. The number of amides is 1. The molecule has 0 bridgehead atoms. The van der Waals surface area contributed by atoms with Crippen molar-refractivity contribution in [1.29, 1.82) is 0 Å². The van der Waals surface area contributed by atoms with E-state index in [1.807, 2.05) is 0 Å². The zero-order valence-corrected chi connectivity index (χ0v) is 11.4. The summed E-state index contributed by atoms with van der Waals surface area (Å²) in [5, 5.41) is 3.10. The molecular weight excluding hydrogens is 212 g/mol. The van der Waals surface area contributed by atoms with Gasteiger partial charge in [-0.15, -0.1) is 0 Å². The molecule has 1 amide bonds. The van der Waals surface area contributed by atoms with Gasteiger partial charge in [0.2, 0.25) is 5.91 Å². The summed E-state index contributed by atoms with van der Waals surface area (Å²) in [6, 6.07) is -0.0447. The fraction of sp³-hybridized carbons (Fsp3) is 0.929. The topological polar surface area (TPSA) is 55.1 Å². The SMILES string of the molecule is CCCC(N)C(=O)N[C@H](C)C1CCCCCC1. The van der Waals surface area contributed by atoms with Crippen LogP contribution in [-0.4, -0.2) is 18.0 Å². The third-order valence-electron chi connectivity index (χ3n) is 3.91. The van der Waals surface area contributed by atoms with Gasteiger partial charge in [-0.05, 0) is 32.1 Å². The summed E-state index contributed by atoms with van der Waals surface area (Å²) in [5.41, 5.74) is 5.82. The summed E-state index contributed by atoms with van der Waals surface area (Å²) >= 11 is 0. The summed E-state index contributed by atoms with van der Waals surface area (Å²) in [4.78, 5) is 11.8. The first-order valence-corrected chi connectivity index (χ1v) is 7.21. The molecule has 1 aliphatic rings. The van der Waals surface area contributed by atoms with Crippen LogP contribution >= 0.6 is 0 Å². The normalized spacial score (nSPS) is 21.6. The van der Waals surface area contributed by atoms with Crippen LogP contribution in [0.4, 0.5) is 0 Å². The van der Waals surface area contributed by atoms with Crippen LogP contribution in [0.1, 0.15) is 65.2 Å². The number of nitrogens with one attached hydrogen (secondary N) is 1. The fourth-order valence-electron chi connectivity index (χ4n) is 2.70. The smallest absolute Gasteiger partial charge is 0.237 e. The number of rotatable bonds is 5. The van der Waals surface area contributed by atoms with Crippen molar-refractivity contribution in [3.05, 3.63) is 0 Å². The molecule has 1 aliphatic carbocycles. The van der Waals surface area contributed by atoms with Crippen LogP contribution in [0.15, 0.2) is 0 Å². The molecule has 0 spiro atoms. The molecule has 1 saturated carbocycles. The van der Waals surface area contributed by atoms with Crippen LogP contribution in [0.25, 0.3) is 0 Å². The molecule has 1 rings (SSSR count). The first-order chi connectivity index (χ1) is 8.15. The van der Waals surface area contributed by atoms with Crippen molar-refractivity contribution in [2.45, 2.75) is 77.3 Å². The molecule has 0 aliphatic heterocycles. The highest BCUT2D eigenvalue weighted by atomic mass is 16.2. The highest BCUT2D eigenvalue weighted by Crippen LogP contribution is 2.25. The maximum atomic E-state index is 11.8. The lowest BCUT2D eigenvalue weighted by Crippen LogP contribution is -2.46. The Bertz CT molecular complexity index is 222. The minimum absolute atomic E-state index is 0.0311. The number of hydrogen-bond donors (Lipinski definition) is 2. The number of carbonyl (C=O) groups is 1. The van der Waals surface area contributed by atoms with E-state index in [0.717, 1.165) is 12.8 Å². The minimum atomic E-state index is -0.326. The highest BCUT2D eigenvalue weighted by molar-refractivity contribution is 5.81. The van der Waals surface area contributed by atoms with Crippen LogP contribution in [0.2, 0.25) is 0 Å². The van der Waals surface area contributed by atoms with Gasteiger partial charge in [-0.3, -0.25) is 4.79 Å². The Balaban J connectivity index is 2.35. The van der Waals surface area contributed by atoms with E-state index in [-0.39, 0.29) is 18.0 Å². The van der Waals surface area contributed by atoms with Crippen molar-refractivity contribution in [3.63, 3.8) is 0 Å². The first-order valence-electron chi connectivity index (χ1n) is 7.21. The Morgan fingerprint density at radius 2 is 1.88 bits per heavy atom. The zero-order chi connectivity index (χ0) is 12.7. The van der Waals surface area contributed by atoms with E-state index in [9.17, 15) is 4.79 Å². The predicted molar refractivity (Wildman–Crippen MR) is 71.7 cm³/mol. The Labute approximate surface area is 106 Å². The Kier molecular flexibility index (Phi) is 6.56. The molecule has 100 valence electrons. The lowest BCUT2D eigenvalue weighted by Gasteiger charge is -2.25. The largest absolute Gasteiger partial charge is 0.352 e. The van der Waals surface area contributed by atoms with E-state index in [4.69, 9.17) is 5.73 Å².